The van der Waals surface area contributed by atoms with Gasteiger partial charge in [-0.1, -0.05) is 16.4 Å². The summed E-state index contributed by atoms with van der Waals surface area (Å²) < 4.78 is 43.4. The van der Waals surface area contributed by atoms with Crippen LogP contribution in [0.25, 0.3) is 0 Å². The van der Waals surface area contributed by atoms with Gasteiger partial charge in [0.2, 0.25) is 10.0 Å². The highest BCUT2D eigenvalue weighted by atomic mass is 79.9. The molecule has 0 fully saturated rings. The summed E-state index contributed by atoms with van der Waals surface area (Å²) in [5, 5.41) is 20.0. The van der Waals surface area contributed by atoms with Crippen LogP contribution in [0.5, 0.6) is 0 Å². The Bertz CT molecular complexity index is 869. The van der Waals surface area contributed by atoms with Gasteiger partial charge in [-0.25, -0.2) is 22.2 Å². The standard InChI is InChI=1S/C14H16BrFN4O4S/c1-17-25(22,23)6-2-3-12-14(20-24-19-12)13(18-21)8-9-4-5-11(16)10(15)7-9/h4-5,7,17,21H,2-3,6,8H2,1H3/b18-13+. The molecular formula is C14H16BrFN4O4S. The van der Waals surface area contributed by atoms with E-state index in [1.165, 1.54) is 13.1 Å². The molecule has 0 unspecified atom stereocenters. The van der Waals surface area contributed by atoms with Crippen molar-refractivity contribution in [2.45, 2.75) is 19.3 Å². The fourth-order valence-electron chi connectivity index (χ4n) is 2.13. The Balaban J connectivity index is 2.11. The number of halogens is 2. The summed E-state index contributed by atoms with van der Waals surface area (Å²) in [6.45, 7) is 0. The Morgan fingerprint density at radius 2 is 2.20 bits per heavy atom. The quantitative estimate of drug-likeness (QED) is 0.372. The Morgan fingerprint density at radius 3 is 2.84 bits per heavy atom. The SMILES string of the molecule is CNS(=O)(=O)CCCc1nonc1/C(Cc1ccc(F)c(Br)c1)=N/O. The van der Waals surface area contributed by atoms with Crippen molar-refractivity contribution < 1.29 is 22.6 Å². The maximum Gasteiger partial charge on any atom is 0.211 e. The second-order valence-electron chi connectivity index (χ2n) is 5.16. The van der Waals surface area contributed by atoms with Gasteiger partial charge in [0.15, 0.2) is 5.69 Å². The molecule has 0 amide bonds. The topological polar surface area (TPSA) is 118 Å². The molecular weight excluding hydrogens is 419 g/mol. The maximum absolute atomic E-state index is 13.3. The van der Waals surface area contributed by atoms with Crippen molar-refractivity contribution in [3.05, 3.63) is 45.4 Å². The van der Waals surface area contributed by atoms with Crippen LogP contribution in [-0.2, 0) is 22.9 Å². The van der Waals surface area contributed by atoms with Crippen LogP contribution in [0, 0.1) is 5.82 Å². The van der Waals surface area contributed by atoms with Gasteiger partial charge in [-0.2, -0.15) is 0 Å². The molecule has 2 rings (SSSR count). The van der Waals surface area contributed by atoms with Crippen LogP contribution >= 0.6 is 15.9 Å². The van der Waals surface area contributed by atoms with Crippen molar-refractivity contribution in [1.29, 1.82) is 0 Å². The summed E-state index contributed by atoms with van der Waals surface area (Å²) in [5.74, 6) is -0.479. The molecule has 11 heteroatoms. The normalized spacial score (nSPS) is 12.5. The number of hydrogen-bond acceptors (Lipinski definition) is 7. The first-order chi connectivity index (χ1) is 11.9. The van der Waals surface area contributed by atoms with E-state index in [1.54, 1.807) is 12.1 Å². The smallest absolute Gasteiger partial charge is 0.211 e. The number of benzene rings is 1. The molecule has 0 aliphatic heterocycles. The molecule has 0 aliphatic carbocycles. The number of sulfonamides is 1. The van der Waals surface area contributed by atoms with E-state index >= 15 is 0 Å². The lowest BCUT2D eigenvalue weighted by molar-refractivity contribution is 0.300. The molecule has 25 heavy (non-hydrogen) atoms. The fourth-order valence-corrected chi connectivity index (χ4v) is 3.29. The number of aryl methyl sites for hydroxylation is 1. The summed E-state index contributed by atoms with van der Waals surface area (Å²) in [7, 11) is -1.97. The van der Waals surface area contributed by atoms with Crippen LogP contribution in [0.3, 0.4) is 0 Å². The summed E-state index contributed by atoms with van der Waals surface area (Å²) in [4.78, 5) is 0. The zero-order valence-corrected chi connectivity index (χ0v) is 15.6. The molecule has 0 bridgehead atoms. The highest BCUT2D eigenvalue weighted by molar-refractivity contribution is 9.10. The summed E-state index contributed by atoms with van der Waals surface area (Å²) >= 11 is 3.09. The summed E-state index contributed by atoms with van der Waals surface area (Å²) in [6.07, 6.45) is 0.752. The van der Waals surface area contributed by atoms with Gasteiger partial charge >= 0.3 is 0 Å². The second-order valence-corrected chi connectivity index (χ2v) is 8.06. The van der Waals surface area contributed by atoms with Gasteiger partial charge in [0.1, 0.15) is 17.2 Å². The lowest BCUT2D eigenvalue weighted by atomic mass is 10.0. The third-order valence-corrected chi connectivity index (χ3v) is 5.50. The molecule has 0 saturated carbocycles. The Morgan fingerprint density at radius 1 is 1.44 bits per heavy atom. The average molecular weight is 435 g/mol. The van der Waals surface area contributed by atoms with Gasteiger partial charge in [-0.3, -0.25) is 0 Å². The first kappa shape index (κ1) is 19.5. The van der Waals surface area contributed by atoms with E-state index in [-0.39, 0.29) is 34.5 Å². The predicted molar refractivity (Wildman–Crippen MR) is 91.6 cm³/mol. The molecule has 0 radical (unpaired) electrons. The van der Waals surface area contributed by atoms with Crippen LogP contribution in [0.4, 0.5) is 4.39 Å². The summed E-state index contributed by atoms with van der Waals surface area (Å²) in [5.41, 5.74) is 1.50. The zero-order valence-electron chi connectivity index (χ0n) is 13.2. The van der Waals surface area contributed by atoms with E-state index in [0.29, 0.717) is 17.7 Å². The molecule has 1 heterocycles. The van der Waals surface area contributed by atoms with Gasteiger partial charge < -0.3 is 5.21 Å². The molecule has 0 aliphatic rings. The van der Waals surface area contributed by atoms with Crippen molar-refractivity contribution in [2.75, 3.05) is 12.8 Å². The van der Waals surface area contributed by atoms with Crippen LogP contribution in [-0.4, -0.2) is 42.5 Å². The van der Waals surface area contributed by atoms with Gasteiger partial charge in [0, 0.05) is 6.42 Å². The highest BCUT2D eigenvalue weighted by Gasteiger charge is 2.19. The largest absolute Gasteiger partial charge is 0.411 e. The van der Waals surface area contributed by atoms with E-state index in [9.17, 15) is 18.0 Å². The van der Waals surface area contributed by atoms with E-state index in [1.807, 2.05) is 0 Å². The Kier molecular flexibility index (Phi) is 6.62. The van der Waals surface area contributed by atoms with E-state index in [0.717, 1.165) is 0 Å². The zero-order chi connectivity index (χ0) is 18.4. The first-order valence-electron chi connectivity index (χ1n) is 7.24. The monoisotopic (exact) mass is 434 g/mol. The van der Waals surface area contributed by atoms with Crippen LogP contribution in [0.2, 0.25) is 0 Å². The number of nitrogens with zero attached hydrogens (tertiary/aromatic N) is 3. The Hall–Kier alpha value is -1.85. The lowest BCUT2D eigenvalue weighted by Gasteiger charge is -2.05. The fraction of sp³-hybridized carbons (Fsp3) is 0.357. The van der Waals surface area contributed by atoms with Crippen molar-refractivity contribution in [3.63, 3.8) is 0 Å². The molecule has 8 nitrogen and oxygen atoms in total. The maximum atomic E-state index is 13.3. The first-order valence-corrected chi connectivity index (χ1v) is 9.68. The van der Waals surface area contributed by atoms with Crippen LogP contribution in [0.1, 0.15) is 23.4 Å². The molecule has 2 N–H and O–H groups in total. The van der Waals surface area contributed by atoms with Gasteiger partial charge in [0.25, 0.3) is 0 Å². The minimum absolute atomic E-state index is 0.0771. The third kappa shape index (κ3) is 5.31. The van der Waals surface area contributed by atoms with Crippen molar-refractivity contribution >= 4 is 31.7 Å². The minimum Gasteiger partial charge on any atom is -0.411 e. The van der Waals surface area contributed by atoms with E-state index in [2.05, 4.69) is 36.1 Å². The van der Waals surface area contributed by atoms with Crippen molar-refractivity contribution in [2.24, 2.45) is 5.16 Å². The number of nitrogens with one attached hydrogen (secondary N) is 1. The van der Waals surface area contributed by atoms with Crippen molar-refractivity contribution in [3.8, 4) is 0 Å². The van der Waals surface area contributed by atoms with E-state index < -0.39 is 15.8 Å². The lowest BCUT2D eigenvalue weighted by Crippen LogP contribution is -2.22. The Labute approximate surface area is 152 Å². The summed E-state index contributed by atoms with van der Waals surface area (Å²) in [6, 6.07) is 4.41. The van der Waals surface area contributed by atoms with Gasteiger partial charge in [0.05, 0.1) is 10.2 Å². The number of oxime groups is 1. The molecule has 0 spiro atoms. The van der Waals surface area contributed by atoms with Gasteiger partial charge in [-0.15, -0.1) is 0 Å². The molecule has 1 aromatic heterocycles. The predicted octanol–water partition coefficient (Wildman–Crippen LogP) is 1.87. The highest BCUT2D eigenvalue weighted by Crippen LogP contribution is 2.19. The number of rotatable bonds is 8. The number of aromatic nitrogens is 2. The van der Waals surface area contributed by atoms with E-state index in [4.69, 9.17) is 4.63 Å². The molecule has 136 valence electrons. The minimum atomic E-state index is -3.32. The molecule has 1 aromatic carbocycles. The second kappa shape index (κ2) is 8.50. The average Bonchev–Trinajstić information content (AvgIpc) is 3.04. The van der Waals surface area contributed by atoms with Gasteiger partial charge in [-0.05, 0) is 58.7 Å². The third-order valence-electron chi connectivity index (χ3n) is 3.44. The van der Waals surface area contributed by atoms with Crippen LogP contribution < -0.4 is 4.72 Å². The molecule has 2 aromatic rings. The van der Waals surface area contributed by atoms with Crippen molar-refractivity contribution in [1.82, 2.24) is 15.0 Å². The van der Waals surface area contributed by atoms with Crippen LogP contribution in [0.15, 0.2) is 32.5 Å². The molecule has 0 saturated heterocycles. The number of hydrogen-bond donors (Lipinski definition) is 2. The molecule has 0 atom stereocenters.